The van der Waals surface area contributed by atoms with Crippen LogP contribution in [0.5, 0.6) is 11.6 Å². The number of nitrogen functional groups attached to an aromatic ring is 1. The van der Waals surface area contributed by atoms with Crippen molar-refractivity contribution in [1.82, 2.24) is 9.97 Å². The molecule has 0 aliphatic carbocycles. The molecule has 0 unspecified atom stereocenters. The van der Waals surface area contributed by atoms with Crippen LogP contribution in [-0.4, -0.2) is 27.6 Å². The normalized spacial score (nSPS) is 13.2. The third-order valence-electron chi connectivity index (χ3n) is 4.96. The molecule has 2 N–H and O–H groups in total. The summed E-state index contributed by atoms with van der Waals surface area (Å²) in [5.41, 5.74) is 12.8. The van der Waals surface area contributed by atoms with Gasteiger partial charge < -0.3 is 10.5 Å². The Labute approximate surface area is 180 Å². The van der Waals surface area contributed by atoms with Gasteiger partial charge in [-0.3, -0.25) is 0 Å². The average Bonchev–Trinajstić information content (AvgIpc) is 3.19. The molecule has 3 aromatic rings. The van der Waals surface area contributed by atoms with E-state index < -0.39 is 0 Å². The van der Waals surface area contributed by atoms with Gasteiger partial charge in [-0.25, -0.2) is 4.98 Å². The molecule has 0 amide bonds. The Morgan fingerprint density at radius 1 is 0.967 bits per heavy atom. The zero-order valence-electron chi connectivity index (χ0n) is 17.2. The number of ether oxygens (including phenoxy) is 1. The predicted molar refractivity (Wildman–Crippen MR) is 123 cm³/mol. The van der Waals surface area contributed by atoms with Gasteiger partial charge in [-0.05, 0) is 66.6 Å². The first-order valence-corrected chi connectivity index (χ1v) is 10.9. The van der Waals surface area contributed by atoms with Crippen LogP contribution in [0.2, 0.25) is 0 Å². The second-order valence-corrected chi connectivity index (χ2v) is 8.00. The molecule has 2 aromatic carbocycles. The first-order valence-electron chi connectivity index (χ1n) is 9.65. The molecule has 7 heteroatoms. The number of hydrogen-bond donors (Lipinski definition) is 1. The van der Waals surface area contributed by atoms with E-state index in [-0.39, 0.29) is 0 Å². The highest BCUT2D eigenvalue weighted by atomic mass is 32.2. The van der Waals surface area contributed by atoms with Crippen LogP contribution in [0.1, 0.15) is 28.7 Å². The number of nitrogens with two attached hydrogens (primary N) is 1. The summed E-state index contributed by atoms with van der Waals surface area (Å²) in [7, 11) is 0. The third kappa shape index (κ3) is 4.68. The maximum Gasteiger partial charge on any atom is 0.225 e. The van der Waals surface area contributed by atoms with Gasteiger partial charge in [0.1, 0.15) is 11.6 Å². The molecule has 0 bridgehead atoms. The van der Waals surface area contributed by atoms with Crippen molar-refractivity contribution in [2.75, 3.05) is 12.0 Å². The Hall–Kier alpha value is -3.19. The van der Waals surface area contributed by atoms with Crippen LogP contribution in [0.25, 0.3) is 0 Å². The number of thioether (sulfide) groups is 1. The minimum Gasteiger partial charge on any atom is -0.439 e. The molecule has 0 atom stereocenters. The molecule has 4 rings (SSSR count). The van der Waals surface area contributed by atoms with Crippen molar-refractivity contribution in [3.63, 3.8) is 0 Å². The van der Waals surface area contributed by atoms with E-state index in [1.54, 1.807) is 6.07 Å². The van der Waals surface area contributed by atoms with Crippen molar-refractivity contribution in [2.45, 2.75) is 31.8 Å². The molecule has 1 aliphatic rings. The highest BCUT2D eigenvalue weighted by Crippen LogP contribution is 2.24. The van der Waals surface area contributed by atoms with Crippen LogP contribution in [0.15, 0.2) is 63.9 Å². The summed E-state index contributed by atoms with van der Waals surface area (Å²) in [4.78, 5) is 8.44. The van der Waals surface area contributed by atoms with E-state index in [0.29, 0.717) is 22.6 Å². The number of nitrogens with zero attached hydrogens (tertiary/aromatic N) is 4. The molecule has 30 heavy (non-hydrogen) atoms. The van der Waals surface area contributed by atoms with Gasteiger partial charge in [-0.1, -0.05) is 30.0 Å². The average molecular weight is 418 g/mol. The lowest BCUT2D eigenvalue weighted by Gasteiger charge is -2.08. The van der Waals surface area contributed by atoms with Gasteiger partial charge in [-0.2, -0.15) is 15.2 Å². The topological polar surface area (TPSA) is 85.8 Å². The van der Waals surface area contributed by atoms with Crippen LogP contribution in [0.3, 0.4) is 0 Å². The second kappa shape index (κ2) is 8.67. The molecule has 6 nitrogen and oxygen atoms in total. The van der Waals surface area contributed by atoms with Crippen LogP contribution in [0, 0.1) is 13.8 Å². The van der Waals surface area contributed by atoms with Crippen molar-refractivity contribution in [3.8, 4) is 11.6 Å². The standard InChI is InChI=1S/C23H23N5OS/c1-14-4-5-16(10-15(14)2)11-18-12-20(28-27-18)17-6-8-19(9-7-17)29-22-13-21(24)25-23(26-22)30-3/h4-10,13H,11-12H2,1-3H3,(H2,24,25,26). The summed E-state index contributed by atoms with van der Waals surface area (Å²) >= 11 is 1.42. The molecule has 1 aliphatic heterocycles. The fraction of sp³-hybridized carbons (Fsp3) is 0.217. The first-order chi connectivity index (χ1) is 14.5. The molecule has 0 spiro atoms. The third-order valence-corrected chi connectivity index (χ3v) is 5.51. The molecular weight excluding hydrogens is 394 g/mol. The summed E-state index contributed by atoms with van der Waals surface area (Å²) < 4.78 is 5.83. The maximum atomic E-state index is 5.83. The van der Waals surface area contributed by atoms with E-state index in [2.05, 4.69) is 52.2 Å². The van der Waals surface area contributed by atoms with E-state index in [1.165, 1.54) is 28.5 Å². The van der Waals surface area contributed by atoms with Crippen molar-refractivity contribution >= 4 is 29.0 Å². The van der Waals surface area contributed by atoms with Gasteiger partial charge in [0.25, 0.3) is 0 Å². The number of hydrogen-bond acceptors (Lipinski definition) is 7. The van der Waals surface area contributed by atoms with Crippen molar-refractivity contribution < 1.29 is 4.74 Å². The quantitative estimate of drug-likeness (QED) is 0.451. The lowest BCUT2D eigenvalue weighted by Crippen LogP contribution is -2.07. The number of rotatable bonds is 6. The van der Waals surface area contributed by atoms with Crippen molar-refractivity contribution in [3.05, 3.63) is 70.8 Å². The molecule has 0 radical (unpaired) electrons. The van der Waals surface area contributed by atoms with Gasteiger partial charge in [0, 0.05) is 18.9 Å². The summed E-state index contributed by atoms with van der Waals surface area (Å²) in [6.07, 6.45) is 3.47. The fourth-order valence-corrected chi connectivity index (χ4v) is 3.58. The van der Waals surface area contributed by atoms with E-state index in [1.807, 2.05) is 30.5 Å². The number of aromatic nitrogens is 2. The molecule has 0 saturated heterocycles. The summed E-state index contributed by atoms with van der Waals surface area (Å²) in [5.74, 6) is 1.49. The molecule has 0 fully saturated rings. The lowest BCUT2D eigenvalue weighted by atomic mass is 9.98. The maximum absolute atomic E-state index is 5.83. The zero-order chi connectivity index (χ0) is 21.1. The minimum absolute atomic E-state index is 0.384. The Morgan fingerprint density at radius 3 is 2.50 bits per heavy atom. The summed E-state index contributed by atoms with van der Waals surface area (Å²) in [6, 6.07) is 15.9. The molecular formula is C23H23N5OS. The molecule has 152 valence electrons. The molecule has 1 aromatic heterocycles. The van der Waals surface area contributed by atoms with E-state index in [0.717, 1.165) is 29.8 Å². The Morgan fingerprint density at radius 2 is 1.77 bits per heavy atom. The van der Waals surface area contributed by atoms with Crippen LogP contribution in [0.4, 0.5) is 5.82 Å². The lowest BCUT2D eigenvalue weighted by molar-refractivity contribution is 0.456. The van der Waals surface area contributed by atoms with Gasteiger partial charge in [-0.15, -0.1) is 0 Å². The minimum atomic E-state index is 0.384. The predicted octanol–water partition coefficient (Wildman–Crippen LogP) is 4.98. The van der Waals surface area contributed by atoms with Crippen LogP contribution < -0.4 is 10.5 Å². The number of anilines is 1. The van der Waals surface area contributed by atoms with E-state index >= 15 is 0 Å². The van der Waals surface area contributed by atoms with Gasteiger partial charge in [0.2, 0.25) is 5.88 Å². The SMILES string of the molecule is CSc1nc(N)cc(Oc2ccc(C3=NN=C(Cc4ccc(C)c(C)c4)C3)cc2)n1. The Balaban J connectivity index is 1.39. The van der Waals surface area contributed by atoms with Crippen molar-refractivity contribution in [2.24, 2.45) is 10.2 Å². The molecule has 2 heterocycles. The number of benzene rings is 2. The van der Waals surface area contributed by atoms with Gasteiger partial charge in [0.15, 0.2) is 5.16 Å². The summed E-state index contributed by atoms with van der Waals surface area (Å²) in [5, 5.41) is 9.37. The second-order valence-electron chi connectivity index (χ2n) is 7.23. The molecule has 0 saturated carbocycles. The Kier molecular flexibility index (Phi) is 5.81. The highest BCUT2D eigenvalue weighted by molar-refractivity contribution is 7.98. The number of aryl methyl sites for hydroxylation is 2. The van der Waals surface area contributed by atoms with Crippen molar-refractivity contribution in [1.29, 1.82) is 0 Å². The highest BCUT2D eigenvalue weighted by Gasteiger charge is 2.15. The zero-order valence-corrected chi connectivity index (χ0v) is 18.0. The van der Waals surface area contributed by atoms with Crippen LogP contribution >= 0.6 is 11.8 Å². The van der Waals surface area contributed by atoms with Crippen LogP contribution in [-0.2, 0) is 6.42 Å². The smallest absolute Gasteiger partial charge is 0.225 e. The Bertz CT molecular complexity index is 1140. The summed E-state index contributed by atoms with van der Waals surface area (Å²) in [6.45, 7) is 4.26. The van der Waals surface area contributed by atoms with E-state index in [9.17, 15) is 0 Å². The fourth-order valence-electron chi connectivity index (χ4n) is 3.20. The van der Waals surface area contributed by atoms with Gasteiger partial charge in [0.05, 0.1) is 11.4 Å². The monoisotopic (exact) mass is 417 g/mol. The van der Waals surface area contributed by atoms with E-state index in [4.69, 9.17) is 10.5 Å². The van der Waals surface area contributed by atoms with Gasteiger partial charge >= 0.3 is 0 Å². The first kappa shape index (κ1) is 20.1. The largest absolute Gasteiger partial charge is 0.439 e.